The van der Waals surface area contributed by atoms with Crippen LogP contribution in [0.4, 0.5) is 0 Å². The third-order valence-corrected chi connectivity index (χ3v) is 6.41. The molecule has 0 saturated carbocycles. The molecule has 1 aliphatic rings. The zero-order valence-corrected chi connectivity index (χ0v) is 15.4. The van der Waals surface area contributed by atoms with Crippen molar-refractivity contribution in [3.8, 4) is 0 Å². The van der Waals surface area contributed by atoms with Crippen LogP contribution in [0.3, 0.4) is 0 Å². The number of aromatic carboxylic acids is 1. The van der Waals surface area contributed by atoms with Crippen LogP contribution in [0.5, 0.6) is 0 Å². The van der Waals surface area contributed by atoms with Gasteiger partial charge in [0.25, 0.3) is 5.56 Å². The molecular weight excluding hydrogens is 374 g/mol. The van der Waals surface area contributed by atoms with Crippen molar-refractivity contribution in [2.45, 2.75) is 25.9 Å². The number of hydrogen-bond donors (Lipinski definition) is 0. The molecule has 2 aromatic rings. The molecule has 1 aromatic heterocycles. The number of fused-ring (bicyclic) bond motifs is 1. The predicted octanol–water partition coefficient (Wildman–Crippen LogP) is -1.20. The Morgan fingerprint density at radius 3 is 2.52 bits per heavy atom. The van der Waals surface area contributed by atoms with Gasteiger partial charge in [-0.2, -0.15) is 5.10 Å². The minimum absolute atomic E-state index is 0.0183. The van der Waals surface area contributed by atoms with Gasteiger partial charge in [0, 0.05) is 18.0 Å². The van der Waals surface area contributed by atoms with Crippen LogP contribution in [0.15, 0.2) is 29.1 Å². The van der Waals surface area contributed by atoms with E-state index in [2.05, 4.69) is 5.10 Å². The number of hydrogen-bond acceptors (Lipinski definition) is 7. The van der Waals surface area contributed by atoms with E-state index in [-0.39, 0.29) is 28.8 Å². The zero-order valence-electron chi connectivity index (χ0n) is 14.6. The molecule has 0 N–H and O–H groups in total. The van der Waals surface area contributed by atoms with Gasteiger partial charge in [0.05, 0.1) is 22.9 Å². The molecule has 1 fully saturated rings. The first-order chi connectivity index (χ1) is 12.7. The van der Waals surface area contributed by atoms with Gasteiger partial charge in [0.1, 0.15) is 12.2 Å². The Morgan fingerprint density at radius 2 is 1.96 bits per heavy atom. The van der Waals surface area contributed by atoms with Crippen molar-refractivity contribution in [1.29, 1.82) is 0 Å². The van der Waals surface area contributed by atoms with Crippen molar-refractivity contribution in [2.75, 3.05) is 18.1 Å². The lowest BCUT2D eigenvalue weighted by Gasteiger charge is -2.27. The first-order valence-corrected chi connectivity index (χ1v) is 10.3. The summed E-state index contributed by atoms with van der Waals surface area (Å²) in [6, 6.07) is 5.60. The monoisotopic (exact) mass is 392 g/mol. The highest BCUT2D eigenvalue weighted by Crippen LogP contribution is 2.18. The number of amides is 1. The maximum absolute atomic E-state index is 12.7. The van der Waals surface area contributed by atoms with Crippen molar-refractivity contribution < 1.29 is 23.1 Å². The quantitative estimate of drug-likeness (QED) is 0.624. The average Bonchev–Trinajstić information content (AvgIpc) is 2.97. The summed E-state index contributed by atoms with van der Waals surface area (Å²) in [5, 5.41) is 15.4. The molecule has 1 atom stereocenters. The van der Waals surface area contributed by atoms with Crippen LogP contribution in [0, 0.1) is 0 Å². The van der Waals surface area contributed by atoms with Gasteiger partial charge in [-0.3, -0.25) is 9.59 Å². The number of benzene rings is 1. The number of nitrogens with zero attached hydrogens (tertiary/aromatic N) is 3. The normalized spacial score (nSPS) is 18.5. The van der Waals surface area contributed by atoms with E-state index in [1.807, 2.05) is 0 Å². The van der Waals surface area contributed by atoms with Crippen LogP contribution in [0.1, 0.15) is 23.8 Å². The van der Waals surface area contributed by atoms with Gasteiger partial charge in [0.15, 0.2) is 9.84 Å². The smallest absolute Gasteiger partial charge is 0.275 e. The summed E-state index contributed by atoms with van der Waals surface area (Å²) in [5.74, 6) is -2.14. The molecule has 27 heavy (non-hydrogen) atoms. The number of likely N-dealkylation sites (N-methyl/N-ethyl adjacent to an activating group) is 1. The second-order valence-corrected chi connectivity index (χ2v) is 8.61. The number of carbonyl (C=O) groups is 2. The highest BCUT2D eigenvalue weighted by Gasteiger charge is 2.34. The summed E-state index contributed by atoms with van der Waals surface area (Å²) in [6.45, 7) is 1.51. The number of carboxylic acids is 1. The number of aromatic nitrogens is 2. The van der Waals surface area contributed by atoms with Crippen molar-refractivity contribution >= 4 is 32.5 Å². The number of carboxylic acid groups (broad SMARTS) is 1. The molecule has 3 rings (SSSR count). The van der Waals surface area contributed by atoms with Crippen molar-refractivity contribution in [2.24, 2.45) is 0 Å². The number of carbonyl (C=O) groups excluding carboxylic acids is 2. The van der Waals surface area contributed by atoms with Crippen LogP contribution in [-0.2, 0) is 21.2 Å². The van der Waals surface area contributed by atoms with E-state index in [4.69, 9.17) is 0 Å². The Kier molecular flexibility index (Phi) is 5.01. The lowest BCUT2D eigenvalue weighted by molar-refractivity contribution is -0.255. The molecule has 1 aromatic carbocycles. The average molecular weight is 392 g/mol. The summed E-state index contributed by atoms with van der Waals surface area (Å²) in [4.78, 5) is 38.1. The first-order valence-electron chi connectivity index (χ1n) is 8.44. The van der Waals surface area contributed by atoms with Gasteiger partial charge >= 0.3 is 0 Å². The van der Waals surface area contributed by atoms with E-state index in [0.717, 1.165) is 4.68 Å². The fraction of sp³-hybridized carbons (Fsp3) is 0.412. The predicted molar refractivity (Wildman–Crippen MR) is 94.8 cm³/mol. The molecule has 0 aliphatic carbocycles. The zero-order chi connectivity index (χ0) is 19.8. The van der Waals surface area contributed by atoms with Crippen molar-refractivity contribution in [3.63, 3.8) is 0 Å². The Labute approximate surface area is 155 Å². The molecule has 2 heterocycles. The SMILES string of the molecule is CCN(C(=O)Cn1nc(C(=O)[O-])c2ccccc2c1=O)[C@@H]1CCS(=O)(=O)C1. The van der Waals surface area contributed by atoms with E-state index in [9.17, 15) is 27.9 Å². The maximum atomic E-state index is 12.7. The molecule has 1 saturated heterocycles. The summed E-state index contributed by atoms with van der Waals surface area (Å²) < 4.78 is 24.2. The lowest BCUT2D eigenvalue weighted by Crippen LogP contribution is -2.44. The summed E-state index contributed by atoms with van der Waals surface area (Å²) in [7, 11) is -3.18. The van der Waals surface area contributed by atoms with Crippen LogP contribution < -0.4 is 10.7 Å². The minimum atomic E-state index is -3.18. The molecule has 10 heteroatoms. The third kappa shape index (κ3) is 3.70. The van der Waals surface area contributed by atoms with Gasteiger partial charge in [0.2, 0.25) is 5.91 Å². The van der Waals surface area contributed by atoms with Gasteiger partial charge < -0.3 is 14.8 Å². The van der Waals surface area contributed by atoms with Gasteiger partial charge in [-0.25, -0.2) is 13.1 Å². The standard InChI is InChI=1S/C17H19N3O6S/c1-2-19(11-7-8-27(25,26)10-11)14(21)9-20-16(22)13-6-4-3-5-12(13)15(18-20)17(23)24/h3-6,11H,2,7-10H2,1H3,(H,23,24)/p-1/t11-/m1/s1. The van der Waals surface area contributed by atoms with Gasteiger partial charge in [-0.1, -0.05) is 18.2 Å². The van der Waals surface area contributed by atoms with E-state index >= 15 is 0 Å². The first kappa shape index (κ1) is 19.0. The van der Waals surface area contributed by atoms with E-state index in [1.165, 1.54) is 17.0 Å². The second kappa shape index (κ2) is 7.10. The molecular formula is C17H18N3O6S-. The molecule has 0 spiro atoms. The van der Waals surface area contributed by atoms with Crippen molar-refractivity contribution in [3.05, 3.63) is 40.3 Å². The molecule has 0 bridgehead atoms. The summed E-state index contributed by atoms with van der Waals surface area (Å²) >= 11 is 0. The topological polar surface area (TPSA) is 129 Å². The Balaban J connectivity index is 1.96. The minimum Gasteiger partial charge on any atom is -0.543 e. The summed E-state index contributed by atoms with van der Waals surface area (Å²) in [5.41, 5.74) is -1.02. The third-order valence-electron chi connectivity index (χ3n) is 4.66. The highest BCUT2D eigenvalue weighted by molar-refractivity contribution is 7.91. The fourth-order valence-electron chi connectivity index (χ4n) is 3.37. The van der Waals surface area contributed by atoms with Gasteiger partial charge in [-0.15, -0.1) is 0 Å². The Morgan fingerprint density at radius 1 is 1.30 bits per heavy atom. The van der Waals surface area contributed by atoms with Crippen LogP contribution in [0.2, 0.25) is 0 Å². The van der Waals surface area contributed by atoms with Gasteiger partial charge in [-0.05, 0) is 19.4 Å². The van der Waals surface area contributed by atoms with Crippen LogP contribution in [0.25, 0.3) is 10.8 Å². The maximum Gasteiger partial charge on any atom is 0.275 e. The molecule has 9 nitrogen and oxygen atoms in total. The molecule has 144 valence electrons. The lowest BCUT2D eigenvalue weighted by atomic mass is 10.1. The van der Waals surface area contributed by atoms with Crippen LogP contribution >= 0.6 is 0 Å². The van der Waals surface area contributed by atoms with Crippen LogP contribution in [-0.4, -0.2) is 59.1 Å². The van der Waals surface area contributed by atoms with Crippen molar-refractivity contribution in [1.82, 2.24) is 14.7 Å². The molecule has 0 unspecified atom stereocenters. The largest absolute Gasteiger partial charge is 0.543 e. The number of rotatable bonds is 5. The Bertz CT molecular complexity index is 1080. The fourth-order valence-corrected chi connectivity index (χ4v) is 5.10. The molecule has 1 amide bonds. The number of sulfone groups is 1. The van der Waals surface area contributed by atoms with E-state index < -0.39 is 45.6 Å². The second-order valence-electron chi connectivity index (χ2n) is 6.38. The summed E-state index contributed by atoms with van der Waals surface area (Å²) in [6.07, 6.45) is 0.340. The molecule has 1 aliphatic heterocycles. The molecule has 0 radical (unpaired) electrons. The highest BCUT2D eigenvalue weighted by atomic mass is 32.2. The van der Waals surface area contributed by atoms with E-state index in [0.29, 0.717) is 6.42 Å². The Hall–Kier alpha value is -2.75. The van der Waals surface area contributed by atoms with E-state index in [1.54, 1.807) is 19.1 Å².